The molecule has 7 nitrogen and oxygen atoms in total. The van der Waals surface area contributed by atoms with Crippen molar-refractivity contribution in [3.05, 3.63) is 34.6 Å². The first-order valence-electron chi connectivity index (χ1n) is 11.0. The fourth-order valence-corrected chi connectivity index (χ4v) is 5.03. The maximum absolute atomic E-state index is 12.6. The van der Waals surface area contributed by atoms with Crippen molar-refractivity contribution in [1.82, 2.24) is 19.7 Å². The van der Waals surface area contributed by atoms with Crippen molar-refractivity contribution < 1.29 is 9.53 Å². The molecule has 4 rings (SSSR count). The maximum atomic E-state index is 12.6. The highest BCUT2D eigenvalue weighted by atomic mass is 35.5. The van der Waals surface area contributed by atoms with E-state index in [4.69, 9.17) is 16.3 Å². The summed E-state index contributed by atoms with van der Waals surface area (Å²) in [7, 11) is 0. The van der Waals surface area contributed by atoms with Crippen LogP contribution in [-0.4, -0.2) is 57.1 Å². The average molecular weight is 464 g/mol. The van der Waals surface area contributed by atoms with E-state index in [-0.39, 0.29) is 12.0 Å². The van der Waals surface area contributed by atoms with Crippen molar-refractivity contribution in [3.63, 3.8) is 0 Å². The van der Waals surface area contributed by atoms with Gasteiger partial charge < -0.3 is 19.5 Å². The van der Waals surface area contributed by atoms with E-state index in [1.807, 2.05) is 30.0 Å². The summed E-state index contributed by atoms with van der Waals surface area (Å²) in [4.78, 5) is 14.6. The molecule has 168 valence electrons. The lowest BCUT2D eigenvalue weighted by atomic mass is 10.1. The highest BCUT2D eigenvalue weighted by Crippen LogP contribution is 2.24. The predicted molar refractivity (Wildman–Crippen MR) is 124 cm³/mol. The molecule has 1 aromatic carbocycles. The molecule has 2 fully saturated rings. The number of carbonyl (C=O) groups is 1. The van der Waals surface area contributed by atoms with Crippen molar-refractivity contribution in [3.8, 4) is 0 Å². The van der Waals surface area contributed by atoms with Gasteiger partial charge in [-0.2, -0.15) is 0 Å². The van der Waals surface area contributed by atoms with Gasteiger partial charge in [0.25, 0.3) is 0 Å². The van der Waals surface area contributed by atoms with Crippen molar-refractivity contribution in [2.75, 3.05) is 30.8 Å². The lowest BCUT2D eigenvalue weighted by Crippen LogP contribution is -2.36. The van der Waals surface area contributed by atoms with Gasteiger partial charge in [0.1, 0.15) is 0 Å². The van der Waals surface area contributed by atoms with Crippen LogP contribution in [0.25, 0.3) is 0 Å². The summed E-state index contributed by atoms with van der Waals surface area (Å²) in [6.45, 7) is 5.77. The van der Waals surface area contributed by atoms with Gasteiger partial charge in [0.15, 0.2) is 11.0 Å². The van der Waals surface area contributed by atoms with Crippen LogP contribution in [0.15, 0.2) is 23.4 Å². The number of thioether (sulfide) groups is 1. The Labute approximate surface area is 192 Å². The Bertz CT molecular complexity index is 894. The molecule has 0 radical (unpaired) electrons. The molecule has 2 saturated heterocycles. The number of aryl methyl sites for hydroxylation is 1. The van der Waals surface area contributed by atoms with Gasteiger partial charge in [0.05, 0.1) is 24.9 Å². The summed E-state index contributed by atoms with van der Waals surface area (Å²) >= 11 is 7.72. The molecule has 1 atom stereocenters. The summed E-state index contributed by atoms with van der Waals surface area (Å²) in [5.41, 5.74) is 1.99. The number of aromatic nitrogens is 3. The molecule has 0 spiro atoms. The van der Waals surface area contributed by atoms with E-state index in [1.54, 1.807) is 0 Å². The lowest BCUT2D eigenvalue weighted by molar-refractivity contribution is -0.129. The summed E-state index contributed by atoms with van der Waals surface area (Å²) in [6, 6.07) is 5.93. The number of hydrogen-bond donors (Lipinski definition) is 1. The van der Waals surface area contributed by atoms with Gasteiger partial charge in [-0.25, -0.2) is 0 Å². The van der Waals surface area contributed by atoms with E-state index in [0.29, 0.717) is 18.8 Å². The molecule has 0 saturated carbocycles. The summed E-state index contributed by atoms with van der Waals surface area (Å²) in [5.74, 6) is 1.41. The van der Waals surface area contributed by atoms with Crippen LogP contribution in [0.2, 0.25) is 5.02 Å². The molecule has 1 amide bonds. The van der Waals surface area contributed by atoms with Crippen LogP contribution in [0.4, 0.5) is 5.69 Å². The Morgan fingerprint density at radius 2 is 2.10 bits per heavy atom. The zero-order chi connectivity index (χ0) is 21.6. The van der Waals surface area contributed by atoms with E-state index < -0.39 is 0 Å². The van der Waals surface area contributed by atoms with Gasteiger partial charge in [-0.15, -0.1) is 10.2 Å². The number of ether oxygens (including phenoxy) is 1. The van der Waals surface area contributed by atoms with Crippen LogP contribution in [0.3, 0.4) is 0 Å². The molecule has 2 aromatic rings. The zero-order valence-electron chi connectivity index (χ0n) is 18.0. The van der Waals surface area contributed by atoms with Gasteiger partial charge in [-0.1, -0.05) is 29.4 Å². The number of nitrogens with one attached hydrogen (secondary N) is 1. The van der Waals surface area contributed by atoms with Gasteiger partial charge in [0.2, 0.25) is 5.91 Å². The van der Waals surface area contributed by atoms with E-state index in [1.165, 1.54) is 18.2 Å². The Hall–Kier alpha value is -1.77. The molecule has 2 aliphatic heterocycles. The number of piperidine rings is 1. The molecule has 31 heavy (non-hydrogen) atoms. The highest BCUT2D eigenvalue weighted by molar-refractivity contribution is 7.99. The molecular weight excluding hydrogens is 434 g/mol. The first-order chi connectivity index (χ1) is 15.1. The van der Waals surface area contributed by atoms with E-state index >= 15 is 0 Å². The molecule has 2 aliphatic rings. The fraction of sp³-hybridized carbons (Fsp3) is 0.591. The van der Waals surface area contributed by atoms with Crippen LogP contribution in [0, 0.1) is 6.92 Å². The fourth-order valence-electron chi connectivity index (χ4n) is 3.98. The molecule has 0 bridgehead atoms. The SMILES string of the molecule is Cc1ccc(NCc2nnc(SCC(=O)N3CCCCC3)n2C[C@@H]2CCCO2)cc1Cl. The van der Waals surface area contributed by atoms with Crippen molar-refractivity contribution in [2.45, 2.75) is 63.4 Å². The number of nitrogens with zero attached hydrogens (tertiary/aromatic N) is 4. The monoisotopic (exact) mass is 463 g/mol. The Balaban J connectivity index is 1.43. The standard InChI is InChI=1S/C22H30ClN5O2S/c1-16-7-8-17(12-19(16)23)24-13-20-25-26-22(28(20)14-18-6-5-11-30-18)31-15-21(29)27-9-3-2-4-10-27/h7-8,12,18,24H,2-6,9-11,13-15H2,1H3/t18-/m0/s1. The Kier molecular flexibility index (Phi) is 7.74. The second kappa shape index (κ2) is 10.7. The third-order valence-corrected chi connectivity index (χ3v) is 7.22. The molecular formula is C22H30ClN5O2S. The second-order valence-corrected chi connectivity index (χ2v) is 9.54. The summed E-state index contributed by atoms with van der Waals surface area (Å²) in [6.07, 6.45) is 5.71. The molecule has 3 heterocycles. The molecule has 1 aromatic heterocycles. The largest absolute Gasteiger partial charge is 0.378 e. The third-order valence-electron chi connectivity index (χ3n) is 5.86. The van der Waals surface area contributed by atoms with Crippen molar-refractivity contribution in [1.29, 1.82) is 0 Å². The first kappa shape index (κ1) is 22.4. The zero-order valence-corrected chi connectivity index (χ0v) is 19.6. The Morgan fingerprint density at radius 1 is 1.26 bits per heavy atom. The predicted octanol–water partition coefficient (Wildman–Crippen LogP) is 4.14. The van der Waals surface area contributed by atoms with Crippen LogP contribution in [-0.2, 0) is 22.6 Å². The van der Waals surface area contributed by atoms with Crippen LogP contribution >= 0.6 is 23.4 Å². The van der Waals surface area contributed by atoms with Crippen molar-refractivity contribution in [2.24, 2.45) is 0 Å². The number of anilines is 1. The number of benzene rings is 1. The highest BCUT2D eigenvalue weighted by Gasteiger charge is 2.23. The number of rotatable bonds is 8. The number of hydrogen-bond acceptors (Lipinski definition) is 6. The van der Waals surface area contributed by atoms with Gasteiger partial charge in [-0.3, -0.25) is 4.79 Å². The minimum Gasteiger partial charge on any atom is -0.378 e. The third kappa shape index (κ3) is 5.93. The Morgan fingerprint density at radius 3 is 2.84 bits per heavy atom. The van der Waals surface area contributed by atoms with Gasteiger partial charge in [0, 0.05) is 30.4 Å². The number of amides is 1. The van der Waals surface area contributed by atoms with Gasteiger partial charge >= 0.3 is 0 Å². The second-order valence-electron chi connectivity index (χ2n) is 8.19. The number of halogens is 1. The molecule has 0 unspecified atom stereocenters. The molecule has 9 heteroatoms. The van der Waals surface area contributed by atoms with E-state index in [2.05, 4.69) is 20.1 Å². The van der Waals surface area contributed by atoms with Crippen molar-refractivity contribution >= 4 is 35.0 Å². The minimum atomic E-state index is 0.167. The first-order valence-corrected chi connectivity index (χ1v) is 12.4. The normalized spacial score (nSPS) is 19.0. The molecule has 1 N–H and O–H groups in total. The number of likely N-dealkylation sites (tertiary alicyclic amines) is 1. The number of carbonyl (C=O) groups excluding carboxylic acids is 1. The maximum Gasteiger partial charge on any atom is 0.233 e. The lowest BCUT2D eigenvalue weighted by Gasteiger charge is -2.26. The van der Waals surface area contributed by atoms with Crippen LogP contribution in [0.5, 0.6) is 0 Å². The smallest absolute Gasteiger partial charge is 0.233 e. The average Bonchev–Trinajstić information content (AvgIpc) is 3.44. The molecule has 0 aliphatic carbocycles. The van der Waals surface area contributed by atoms with Crippen LogP contribution in [0.1, 0.15) is 43.5 Å². The summed E-state index contributed by atoms with van der Waals surface area (Å²) < 4.78 is 7.95. The summed E-state index contributed by atoms with van der Waals surface area (Å²) in [5, 5.41) is 13.7. The van der Waals surface area contributed by atoms with E-state index in [9.17, 15) is 4.79 Å². The van der Waals surface area contributed by atoms with Gasteiger partial charge in [-0.05, 0) is 56.7 Å². The minimum absolute atomic E-state index is 0.167. The van der Waals surface area contributed by atoms with E-state index in [0.717, 1.165) is 72.6 Å². The topological polar surface area (TPSA) is 72.3 Å². The quantitative estimate of drug-likeness (QED) is 0.593. The van der Waals surface area contributed by atoms with Crippen LogP contribution < -0.4 is 5.32 Å².